The maximum Gasteiger partial charge on any atom is 0.135 e. The normalized spacial score (nSPS) is 20.8. The molecule has 0 saturated carbocycles. The van der Waals surface area contributed by atoms with Crippen LogP contribution in [-0.4, -0.2) is 36.1 Å². The molecule has 0 aromatic heterocycles. The molecule has 1 rings (SSSR count). The van der Waals surface area contributed by atoms with Crippen molar-refractivity contribution in [2.75, 3.05) is 13.1 Å². The largest absolute Gasteiger partial charge is 0.324 e. The van der Waals surface area contributed by atoms with E-state index in [1.807, 2.05) is 0 Å². The first-order chi connectivity index (χ1) is 5.58. The second-order valence-corrected chi connectivity index (χ2v) is 9.46. The van der Waals surface area contributed by atoms with Gasteiger partial charge in [0.2, 0.25) is 0 Å². The van der Waals surface area contributed by atoms with Gasteiger partial charge in [0.25, 0.3) is 0 Å². The van der Waals surface area contributed by atoms with Crippen LogP contribution in [0.2, 0.25) is 17.8 Å². The minimum atomic E-state index is -0.249. The topological polar surface area (TPSA) is 3.24 Å². The van der Waals surface area contributed by atoms with Gasteiger partial charge in [-0.2, -0.15) is 0 Å². The molecule has 1 aliphatic rings. The van der Waals surface area contributed by atoms with E-state index in [9.17, 15) is 0 Å². The Morgan fingerprint density at radius 3 is 2.17 bits per heavy atom. The Hall–Kier alpha value is 0.394. The lowest BCUT2D eigenvalue weighted by Gasteiger charge is -2.35. The second-order valence-electron chi connectivity index (χ2n) is 4.15. The van der Waals surface area contributed by atoms with Crippen LogP contribution in [0.5, 0.6) is 0 Å². The van der Waals surface area contributed by atoms with Crippen molar-refractivity contribution in [2.45, 2.75) is 44.4 Å². The van der Waals surface area contributed by atoms with E-state index in [0.717, 1.165) is 9.52 Å². The minimum Gasteiger partial charge on any atom is -0.324 e. The predicted octanol–water partition coefficient (Wildman–Crippen LogP) is 2.19. The first-order valence-corrected chi connectivity index (χ1v) is 8.30. The molecule has 0 unspecified atom stereocenters. The van der Waals surface area contributed by atoms with E-state index in [-0.39, 0.29) is 8.96 Å². The third-order valence-corrected chi connectivity index (χ3v) is 9.40. The Bertz CT molecular complexity index is 141. The fraction of sp³-hybridized carbons (Fsp3) is 1.00. The van der Waals surface area contributed by atoms with Crippen molar-refractivity contribution in [1.82, 2.24) is 4.57 Å². The van der Waals surface area contributed by atoms with Crippen molar-refractivity contribution < 1.29 is 0 Å². The molecular formula is C9H20NSi2. The molecule has 0 spiro atoms. The molecule has 0 N–H and O–H groups in total. The summed E-state index contributed by atoms with van der Waals surface area (Å²) in [4.78, 5) is 0. The third-order valence-electron chi connectivity index (χ3n) is 3.11. The van der Waals surface area contributed by atoms with Gasteiger partial charge >= 0.3 is 0 Å². The molecule has 1 fully saturated rings. The molecular weight excluding hydrogens is 178 g/mol. The summed E-state index contributed by atoms with van der Waals surface area (Å²) in [5, 5.41) is 0. The standard InChI is InChI=1S/C9H20NSi2/c1-9(2,11-3)12(4)10-7-5-6-8-10/h5-8H2,1-4H3. The van der Waals surface area contributed by atoms with Crippen LogP contribution in [0.1, 0.15) is 26.7 Å². The molecule has 12 heavy (non-hydrogen) atoms. The lowest BCUT2D eigenvalue weighted by Crippen LogP contribution is -2.44. The van der Waals surface area contributed by atoms with Gasteiger partial charge in [-0.15, -0.1) is 0 Å². The average Bonchev–Trinajstić information content (AvgIpc) is 2.55. The third kappa shape index (κ3) is 2.21. The summed E-state index contributed by atoms with van der Waals surface area (Å²) in [5.74, 6) is 0. The minimum absolute atomic E-state index is 0.249. The van der Waals surface area contributed by atoms with Crippen molar-refractivity contribution in [1.29, 1.82) is 0 Å². The summed E-state index contributed by atoms with van der Waals surface area (Å²) >= 11 is 0. The molecule has 1 aliphatic heterocycles. The van der Waals surface area contributed by atoms with E-state index >= 15 is 0 Å². The zero-order valence-corrected chi connectivity index (χ0v) is 10.8. The van der Waals surface area contributed by atoms with Crippen LogP contribution in [-0.2, 0) is 0 Å². The molecule has 0 bridgehead atoms. The molecule has 0 atom stereocenters. The van der Waals surface area contributed by atoms with Crippen LogP contribution in [0, 0.1) is 0 Å². The Labute approximate surface area is 81.0 Å². The molecule has 69 valence electrons. The molecule has 1 heterocycles. The fourth-order valence-corrected chi connectivity index (χ4v) is 5.33. The van der Waals surface area contributed by atoms with Gasteiger partial charge in [-0.25, -0.2) is 0 Å². The van der Waals surface area contributed by atoms with Crippen LogP contribution in [0.15, 0.2) is 0 Å². The molecule has 3 radical (unpaired) electrons. The Kier molecular flexibility index (Phi) is 3.55. The summed E-state index contributed by atoms with van der Waals surface area (Å²) in [5.41, 5.74) is 0. The van der Waals surface area contributed by atoms with Gasteiger partial charge in [-0.1, -0.05) is 26.9 Å². The number of rotatable bonds is 3. The molecule has 0 amide bonds. The van der Waals surface area contributed by atoms with Gasteiger partial charge in [0.15, 0.2) is 0 Å². The van der Waals surface area contributed by atoms with Crippen molar-refractivity contribution >= 4 is 18.5 Å². The zero-order chi connectivity index (χ0) is 9.19. The Morgan fingerprint density at radius 1 is 1.25 bits per heavy atom. The average molecular weight is 198 g/mol. The SMILES string of the molecule is C[Si]C(C)(C)[Si](C)N1CCCC1. The Balaban J connectivity index is 2.50. The Morgan fingerprint density at radius 2 is 1.75 bits per heavy atom. The van der Waals surface area contributed by atoms with Gasteiger partial charge in [0.05, 0.1) is 0 Å². The van der Waals surface area contributed by atoms with E-state index in [1.165, 1.54) is 25.9 Å². The van der Waals surface area contributed by atoms with Crippen molar-refractivity contribution in [3.05, 3.63) is 0 Å². The van der Waals surface area contributed by atoms with Crippen LogP contribution >= 0.6 is 0 Å². The van der Waals surface area contributed by atoms with Gasteiger partial charge in [0.1, 0.15) is 8.96 Å². The fourth-order valence-electron chi connectivity index (χ4n) is 1.63. The van der Waals surface area contributed by atoms with Gasteiger partial charge in [-0.3, -0.25) is 0 Å². The summed E-state index contributed by atoms with van der Waals surface area (Å²) in [7, 11) is 0.846. The van der Waals surface area contributed by atoms with Gasteiger partial charge < -0.3 is 4.57 Å². The van der Waals surface area contributed by atoms with Gasteiger partial charge in [-0.05, 0) is 30.6 Å². The highest BCUT2D eigenvalue weighted by Gasteiger charge is 2.32. The smallest absolute Gasteiger partial charge is 0.135 e. The van der Waals surface area contributed by atoms with Crippen molar-refractivity contribution in [2.24, 2.45) is 0 Å². The first kappa shape index (κ1) is 10.5. The summed E-state index contributed by atoms with van der Waals surface area (Å²) in [6, 6.07) is 0. The summed E-state index contributed by atoms with van der Waals surface area (Å²) in [6.45, 7) is 12.5. The van der Waals surface area contributed by atoms with E-state index in [4.69, 9.17) is 0 Å². The molecule has 1 nitrogen and oxygen atoms in total. The highest BCUT2D eigenvalue weighted by molar-refractivity contribution is 6.71. The van der Waals surface area contributed by atoms with Crippen LogP contribution in [0.4, 0.5) is 0 Å². The van der Waals surface area contributed by atoms with E-state index in [2.05, 4.69) is 31.5 Å². The van der Waals surface area contributed by atoms with E-state index in [1.54, 1.807) is 0 Å². The monoisotopic (exact) mass is 198 g/mol. The molecule has 1 saturated heterocycles. The highest BCUT2D eigenvalue weighted by Crippen LogP contribution is 2.30. The molecule has 0 aliphatic carbocycles. The van der Waals surface area contributed by atoms with Crippen LogP contribution in [0.3, 0.4) is 0 Å². The zero-order valence-electron chi connectivity index (χ0n) is 8.78. The van der Waals surface area contributed by atoms with Crippen LogP contribution in [0.25, 0.3) is 0 Å². The second kappa shape index (κ2) is 4.07. The molecule has 3 heteroatoms. The number of nitrogens with zero attached hydrogens (tertiary/aromatic N) is 1. The van der Waals surface area contributed by atoms with E-state index < -0.39 is 0 Å². The summed E-state index contributed by atoms with van der Waals surface area (Å²) in [6.07, 6.45) is 2.87. The molecule has 0 aromatic rings. The highest BCUT2D eigenvalue weighted by atomic mass is 28.3. The number of hydrogen-bond acceptors (Lipinski definition) is 1. The van der Waals surface area contributed by atoms with Crippen LogP contribution < -0.4 is 0 Å². The first-order valence-electron chi connectivity index (χ1n) is 4.86. The lowest BCUT2D eigenvalue weighted by molar-refractivity contribution is 0.519. The maximum absolute atomic E-state index is 2.75. The maximum atomic E-state index is 2.75. The number of hydrogen-bond donors (Lipinski definition) is 0. The quantitative estimate of drug-likeness (QED) is 0.629. The lowest BCUT2D eigenvalue weighted by atomic mass is 10.4. The van der Waals surface area contributed by atoms with Gasteiger partial charge in [0, 0.05) is 9.52 Å². The summed E-state index contributed by atoms with van der Waals surface area (Å²) < 4.78 is 3.37. The molecule has 0 aromatic carbocycles. The van der Waals surface area contributed by atoms with Crippen molar-refractivity contribution in [3.8, 4) is 0 Å². The van der Waals surface area contributed by atoms with E-state index in [0.29, 0.717) is 4.66 Å². The van der Waals surface area contributed by atoms with Crippen molar-refractivity contribution in [3.63, 3.8) is 0 Å². The predicted molar refractivity (Wildman–Crippen MR) is 58.1 cm³/mol.